The van der Waals surface area contributed by atoms with Gasteiger partial charge in [0.15, 0.2) is 0 Å². The fourth-order valence-electron chi connectivity index (χ4n) is 1.82. The molecule has 1 aromatic heterocycles. The molecule has 0 N–H and O–H groups in total. The van der Waals surface area contributed by atoms with Gasteiger partial charge in [0.05, 0.1) is 11.0 Å². The van der Waals surface area contributed by atoms with E-state index in [1.165, 1.54) is 0 Å². The zero-order valence-corrected chi connectivity index (χ0v) is 12.8. The van der Waals surface area contributed by atoms with Crippen molar-refractivity contribution in [1.29, 1.82) is 0 Å². The molecule has 0 saturated carbocycles. The number of amides is 2. The highest BCUT2D eigenvalue weighted by Crippen LogP contribution is 2.32. The second-order valence-corrected chi connectivity index (χ2v) is 5.84. The van der Waals surface area contributed by atoms with Crippen LogP contribution in [-0.4, -0.2) is 39.2 Å². The first-order chi connectivity index (χ1) is 9.88. The minimum absolute atomic E-state index is 0.281. The Morgan fingerprint density at radius 1 is 1.43 bits per heavy atom. The van der Waals surface area contributed by atoms with Gasteiger partial charge in [0.25, 0.3) is 11.1 Å². The fourth-order valence-corrected chi connectivity index (χ4v) is 2.65. The number of carbonyl (C=O) groups is 3. The van der Waals surface area contributed by atoms with E-state index in [0.29, 0.717) is 4.91 Å². The van der Waals surface area contributed by atoms with Crippen LogP contribution in [0.3, 0.4) is 0 Å². The van der Waals surface area contributed by atoms with E-state index >= 15 is 0 Å². The molecule has 0 atom stereocenters. The molecule has 1 saturated heterocycles. The van der Waals surface area contributed by atoms with E-state index in [1.807, 2.05) is 29.9 Å². The van der Waals surface area contributed by atoms with E-state index in [0.717, 1.165) is 22.4 Å². The molecule has 0 bridgehead atoms. The lowest BCUT2D eigenvalue weighted by molar-refractivity contribution is -0.149. The third-order valence-electron chi connectivity index (χ3n) is 2.79. The number of thioether (sulfide) groups is 1. The average Bonchev–Trinajstić information content (AvgIpc) is 2.88. The van der Waals surface area contributed by atoms with Crippen molar-refractivity contribution in [1.82, 2.24) is 9.47 Å². The Hall–Kier alpha value is -2.02. The Kier molecular flexibility index (Phi) is 4.52. The maximum atomic E-state index is 12.2. The van der Waals surface area contributed by atoms with E-state index in [9.17, 15) is 14.4 Å². The van der Waals surface area contributed by atoms with Gasteiger partial charge in [0.2, 0.25) is 0 Å². The number of hydrogen-bond donors (Lipinski definition) is 0. The van der Waals surface area contributed by atoms with Crippen LogP contribution in [-0.2, 0) is 21.4 Å². The summed E-state index contributed by atoms with van der Waals surface area (Å²) in [7, 11) is 1.84. The molecule has 1 aliphatic rings. The standard InChI is InChI=1S/C14H16N2O4S/c1-9(2)20-12(17)8-16-13(18)11(21-14(16)19)7-10-5-4-6-15(10)3/h4-7,9H,8H2,1-3H3. The third-order valence-corrected chi connectivity index (χ3v) is 3.70. The predicted molar refractivity (Wildman–Crippen MR) is 79.3 cm³/mol. The zero-order valence-electron chi connectivity index (χ0n) is 12.0. The maximum absolute atomic E-state index is 12.2. The molecule has 2 rings (SSSR count). The van der Waals surface area contributed by atoms with Crippen LogP contribution in [0.15, 0.2) is 23.2 Å². The summed E-state index contributed by atoms with van der Waals surface area (Å²) in [4.78, 5) is 36.8. The topological polar surface area (TPSA) is 68.6 Å². The van der Waals surface area contributed by atoms with Crippen LogP contribution in [0, 0.1) is 0 Å². The molecule has 1 aliphatic heterocycles. The van der Waals surface area contributed by atoms with Crippen LogP contribution in [0.2, 0.25) is 0 Å². The Balaban J connectivity index is 2.12. The van der Waals surface area contributed by atoms with Crippen LogP contribution in [0.1, 0.15) is 19.5 Å². The fraction of sp³-hybridized carbons (Fsp3) is 0.357. The van der Waals surface area contributed by atoms with Crippen LogP contribution in [0.5, 0.6) is 0 Å². The van der Waals surface area contributed by atoms with Gasteiger partial charge < -0.3 is 9.30 Å². The Morgan fingerprint density at radius 2 is 2.14 bits per heavy atom. The lowest BCUT2D eigenvalue weighted by Crippen LogP contribution is -2.35. The molecule has 2 heterocycles. The summed E-state index contributed by atoms with van der Waals surface area (Å²) in [6, 6.07) is 3.68. The third kappa shape index (κ3) is 3.55. The maximum Gasteiger partial charge on any atom is 0.326 e. The largest absolute Gasteiger partial charge is 0.462 e. The van der Waals surface area contributed by atoms with Gasteiger partial charge in [0, 0.05) is 18.9 Å². The summed E-state index contributed by atoms with van der Waals surface area (Å²) >= 11 is 0.827. The molecule has 1 aromatic rings. The van der Waals surface area contributed by atoms with Crippen molar-refractivity contribution in [3.05, 3.63) is 28.9 Å². The first kappa shape index (κ1) is 15.4. The van der Waals surface area contributed by atoms with Crippen molar-refractivity contribution in [2.45, 2.75) is 20.0 Å². The summed E-state index contributed by atoms with van der Waals surface area (Å²) in [6.07, 6.45) is 3.20. The SMILES string of the molecule is CC(C)OC(=O)CN1C(=O)SC(=Cc2cccn2C)C1=O. The molecule has 112 valence electrons. The van der Waals surface area contributed by atoms with E-state index in [-0.39, 0.29) is 12.6 Å². The van der Waals surface area contributed by atoms with Gasteiger partial charge >= 0.3 is 5.97 Å². The summed E-state index contributed by atoms with van der Waals surface area (Å²) in [5.41, 5.74) is 0.810. The van der Waals surface area contributed by atoms with Crippen LogP contribution >= 0.6 is 11.8 Å². The van der Waals surface area contributed by atoms with Crippen molar-refractivity contribution in [3.63, 3.8) is 0 Å². The minimum atomic E-state index is -0.590. The number of aromatic nitrogens is 1. The number of esters is 1. The van der Waals surface area contributed by atoms with Crippen molar-refractivity contribution < 1.29 is 19.1 Å². The van der Waals surface area contributed by atoms with E-state index < -0.39 is 17.1 Å². The monoisotopic (exact) mass is 308 g/mol. The molecular weight excluding hydrogens is 292 g/mol. The Morgan fingerprint density at radius 3 is 2.71 bits per heavy atom. The molecule has 6 nitrogen and oxygen atoms in total. The minimum Gasteiger partial charge on any atom is -0.462 e. The molecule has 0 unspecified atom stereocenters. The summed E-state index contributed by atoms with van der Waals surface area (Å²) in [5, 5.41) is -0.457. The summed E-state index contributed by atoms with van der Waals surface area (Å²) in [6.45, 7) is 3.06. The van der Waals surface area contributed by atoms with E-state index in [1.54, 1.807) is 19.9 Å². The quantitative estimate of drug-likeness (QED) is 0.629. The van der Waals surface area contributed by atoms with Gasteiger partial charge in [-0.15, -0.1) is 0 Å². The van der Waals surface area contributed by atoms with E-state index in [4.69, 9.17) is 4.74 Å². The predicted octanol–water partition coefficient (Wildman–Crippen LogP) is 2.01. The molecule has 7 heteroatoms. The van der Waals surface area contributed by atoms with Gasteiger partial charge in [-0.3, -0.25) is 19.3 Å². The van der Waals surface area contributed by atoms with Gasteiger partial charge in [0.1, 0.15) is 6.54 Å². The van der Waals surface area contributed by atoms with Gasteiger partial charge in [-0.25, -0.2) is 0 Å². The van der Waals surface area contributed by atoms with Crippen LogP contribution in [0.25, 0.3) is 6.08 Å². The molecule has 0 radical (unpaired) electrons. The molecule has 0 aromatic carbocycles. The number of aryl methyl sites for hydroxylation is 1. The number of hydrogen-bond acceptors (Lipinski definition) is 5. The highest BCUT2D eigenvalue weighted by atomic mass is 32.2. The number of carbonyl (C=O) groups excluding carboxylic acids is 3. The Labute approximate surface area is 126 Å². The first-order valence-corrected chi connectivity index (χ1v) is 7.26. The van der Waals surface area contributed by atoms with Crippen molar-refractivity contribution in [3.8, 4) is 0 Å². The van der Waals surface area contributed by atoms with Gasteiger partial charge in [-0.05, 0) is 43.8 Å². The van der Waals surface area contributed by atoms with Gasteiger partial charge in [-0.1, -0.05) is 0 Å². The first-order valence-electron chi connectivity index (χ1n) is 6.44. The second-order valence-electron chi connectivity index (χ2n) is 4.85. The lowest BCUT2D eigenvalue weighted by atomic mass is 10.3. The second kappa shape index (κ2) is 6.17. The number of nitrogens with zero attached hydrogens (tertiary/aromatic N) is 2. The highest BCUT2D eigenvalue weighted by Gasteiger charge is 2.36. The van der Waals surface area contributed by atoms with Gasteiger partial charge in [-0.2, -0.15) is 0 Å². The summed E-state index contributed by atoms with van der Waals surface area (Å²) < 4.78 is 6.79. The van der Waals surface area contributed by atoms with Crippen LogP contribution < -0.4 is 0 Å². The zero-order chi connectivity index (χ0) is 15.6. The van der Waals surface area contributed by atoms with Crippen molar-refractivity contribution >= 4 is 35.0 Å². The van der Waals surface area contributed by atoms with Crippen molar-refractivity contribution in [2.24, 2.45) is 7.05 Å². The van der Waals surface area contributed by atoms with Crippen molar-refractivity contribution in [2.75, 3.05) is 6.54 Å². The van der Waals surface area contributed by atoms with E-state index in [2.05, 4.69) is 0 Å². The molecule has 2 amide bonds. The summed E-state index contributed by atoms with van der Waals surface area (Å²) in [5.74, 6) is -1.06. The molecular formula is C14H16N2O4S. The molecule has 21 heavy (non-hydrogen) atoms. The Bertz CT molecular complexity index is 618. The average molecular weight is 308 g/mol. The smallest absolute Gasteiger partial charge is 0.326 e. The number of imide groups is 1. The normalized spacial score (nSPS) is 17.1. The highest BCUT2D eigenvalue weighted by molar-refractivity contribution is 8.18. The number of ether oxygens (including phenoxy) is 1. The molecule has 1 fully saturated rings. The molecule has 0 spiro atoms. The molecule has 0 aliphatic carbocycles. The number of rotatable bonds is 4. The van der Waals surface area contributed by atoms with Crippen LogP contribution in [0.4, 0.5) is 4.79 Å². The lowest BCUT2D eigenvalue weighted by Gasteiger charge is -2.13.